The minimum atomic E-state index is 0. The van der Waals surface area contributed by atoms with Crippen LogP contribution in [0, 0.1) is 0 Å². The number of pyridine rings is 1. The summed E-state index contributed by atoms with van der Waals surface area (Å²) in [6.45, 7) is 2.09. The van der Waals surface area contributed by atoms with E-state index in [2.05, 4.69) is 16.4 Å². The van der Waals surface area contributed by atoms with Crippen molar-refractivity contribution < 1.29 is 21.9 Å². The molecular weight excluding hydrogens is 348 g/mol. The molecule has 26 heavy (non-hydrogen) atoms. The topological polar surface area (TPSA) is 43.4 Å². The Morgan fingerprint density at radius 1 is 0.808 bits per heavy atom. The van der Waals surface area contributed by atoms with Crippen molar-refractivity contribution in [1.29, 1.82) is 0 Å². The van der Waals surface area contributed by atoms with Crippen LogP contribution in [0.1, 0.15) is 16.7 Å². The van der Waals surface area contributed by atoms with Crippen molar-refractivity contribution in [3.05, 3.63) is 89.7 Å². The summed E-state index contributed by atoms with van der Waals surface area (Å²) in [6.07, 6.45) is 3.61. The fraction of sp³-hybridized carbons (Fsp3) is 0.190. The highest BCUT2D eigenvalue weighted by atomic mass is 35.5. The van der Waals surface area contributed by atoms with Gasteiger partial charge >= 0.3 is 0 Å². The van der Waals surface area contributed by atoms with Crippen molar-refractivity contribution in [1.82, 2.24) is 10.3 Å². The fourth-order valence-electron chi connectivity index (χ4n) is 2.53. The highest BCUT2D eigenvalue weighted by Crippen LogP contribution is 2.28. The van der Waals surface area contributed by atoms with Gasteiger partial charge in [0.2, 0.25) is 0 Å². The van der Waals surface area contributed by atoms with Crippen LogP contribution in [0.25, 0.3) is 0 Å². The Hall–Kier alpha value is -2.56. The molecule has 0 saturated carbocycles. The molecule has 2 aromatic carbocycles. The van der Waals surface area contributed by atoms with Crippen LogP contribution in [0.15, 0.2) is 73.1 Å². The number of nitrogens with one attached hydrogen (secondary N) is 1. The number of benzene rings is 2. The molecule has 1 N–H and O–H groups in total. The lowest BCUT2D eigenvalue weighted by atomic mass is 10.2. The molecule has 0 radical (unpaired) electrons. The predicted octanol–water partition coefficient (Wildman–Crippen LogP) is 0.963. The van der Waals surface area contributed by atoms with Crippen LogP contribution < -0.4 is 27.2 Å². The quantitative estimate of drug-likeness (QED) is 0.642. The highest BCUT2D eigenvalue weighted by Gasteiger charge is 2.06. The Bertz CT molecular complexity index is 783. The number of nitrogens with zero attached hydrogens (tertiary/aromatic N) is 1. The second-order valence-corrected chi connectivity index (χ2v) is 5.72. The van der Waals surface area contributed by atoms with E-state index < -0.39 is 0 Å². The van der Waals surface area contributed by atoms with Crippen LogP contribution in [-0.4, -0.2) is 12.1 Å². The average molecular weight is 370 g/mol. The molecule has 1 heterocycles. The van der Waals surface area contributed by atoms with Crippen molar-refractivity contribution in [2.24, 2.45) is 0 Å². The summed E-state index contributed by atoms with van der Waals surface area (Å²) in [5.74, 6) is 1.50. The van der Waals surface area contributed by atoms with E-state index in [4.69, 9.17) is 9.47 Å². The molecule has 0 unspecified atom stereocenters. The maximum absolute atomic E-state index is 5.89. The summed E-state index contributed by atoms with van der Waals surface area (Å²) in [5.41, 5.74) is 3.50. The first-order valence-corrected chi connectivity index (χ1v) is 8.28. The minimum absolute atomic E-state index is 0. The van der Waals surface area contributed by atoms with Crippen LogP contribution in [0.3, 0.4) is 0 Å². The summed E-state index contributed by atoms with van der Waals surface area (Å²) in [7, 11) is 1.67. The number of aromatic nitrogens is 1. The van der Waals surface area contributed by atoms with E-state index in [9.17, 15) is 0 Å². The van der Waals surface area contributed by atoms with Gasteiger partial charge in [0, 0.05) is 25.5 Å². The molecule has 4 nitrogen and oxygen atoms in total. The average Bonchev–Trinajstić information content (AvgIpc) is 2.68. The first-order valence-electron chi connectivity index (χ1n) is 8.28. The van der Waals surface area contributed by atoms with Crippen molar-refractivity contribution in [3.63, 3.8) is 0 Å². The maximum atomic E-state index is 5.89. The largest absolute Gasteiger partial charge is 1.00 e. The predicted molar refractivity (Wildman–Crippen MR) is 98.5 cm³/mol. The SMILES string of the molecule is COc1cc(CNCc2ccncc2)ccc1OCc1ccccc1.[Cl-]. The standard InChI is InChI=1S/C21H22N2O2.ClH/c1-24-21-13-19(15-23-14-17-9-11-22-12-10-17)7-8-20(21)25-16-18-5-3-2-4-6-18;/h2-13,23H,14-16H2,1H3;1H/p-1. The van der Waals surface area contributed by atoms with Gasteiger partial charge in [-0.3, -0.25) is 4.98 Å². The summed E-state index contributed by atoms with van der Waals surface area (Å²) in [5, 5.41) is 3.42. The normalized spacial score (nSPS) is 10.0. The van der Waals surface area contributed by atoms with Gasteiger partial charge in [0.1, 0.15) is 6.61 Å². The summed E-state index contributed by atoms with van der Waals surface area (Å²) in [6, 6.07) is 20.2. The van der Waals surface area contributed by atoms with E-state index in [1.165, 1.54) is 5.56 Å². The molecule has 0 fully saturated rings. The van der Waals surface area contributed by atoms with E-state index in [0.717, 1.165) is 35.7 Å². The second kappa shape index (κ2) is 10.4. The fourth-order valence-corrected chi connectivity index (χ4v) is 2.53. The molecule has 136 valence electrons. The Morgan fingerprint density at radius 3 is 2.27 bits per heavy atom. The maximum Gasteiger partial charge on any atom is 0.161 e. The molecule has 0 saturated heterocycles. The lowest BCUT2D eigenvalue weighted by Crippen LogP contribution is -3.00. The molecule has 0 bridgehead atoms. The zero-order valence-electron chi connectivity index (χ0n) is 14.7. The molecular formula is C21H22ClN2O2-. The lowest BCUT2D eigenvalue weighted by molar-refractivity contribution is -0.00000570. The van der Waals surface area contributed by atoms with Gasteiger partial charge in [-0.25, -0.2) is 0 Å². The molecule has 3 aromatic rings. The minimum Gasteiger partial charge on any atom is -1.00 e. The van der Waals surface area contributed by atoms with Crippen molar-refractivity contribution in [2.75, 3.05) is 7.11 Å². The van der Waals surface area contributed by atoms with Gasteiger partial charge in [0.05, 0.1) is 7.11 Å². The first kappa shape index (κ1) is 19.8. The zero-order chi connectivity index (χ0) is 17.3. The third-order valence-electron chi connectivity index (χ3n) is 3.87. The van der Waals surface area contributed by atoms with Crippen molar-refractivity contribution in [2.45, 2.75) is 19.7 Å². The molecule has 0 atom stereocenters. The van der Waals surface area contributed by atoms with Gasteiger partial charge < -0.3 is 27.2 Å². The summed E-state index contributed by atoms with van der Waals surface area (Å²) in [4.78, 5) is 4.03. The smallest absolute Gasteiger partial charge is 0.161 e. The number of rotatable bonds is 8. The molecule has 0 aliphatic rings. The zero-order valence-corrected chi connectivity index (χ0v) is 15.4. The van der Waals surface area contributed by atoms with E-state index in [1.807, 2.05) is 54.6 Å². The van der Waals surface area contributed by atoms with Crippen LogP contribution in [0.4, 0.5) is 0 Å². The lowest BCUT2D eigenvalue weighted by Gasteiger charge is -2.13. The van der Waals surface area contributed by atoms with Crippen LogP contribution in [0.5, 0.6) is 11.5 Å². The Kier molecular flexibility index (Phi) is 7.93. The number of hydrogen-bond acceptors (Lipinski definition) is 4. The van der Waals surface area contributed by atoms with E-state index in [-0.39, 0.29) is 12.4 Å². The van der Waals surface area contributed by atoms with E-state index in [1.54, 1.807) is 19.5 Å². The summed E-state index contributed by atoms with van der Waals surface area (Å²) >= 11 is 0. The molecule has 5 heteroatoms. The Balaban J connectivity index is 0.00000243. The number of ether oxygens (including phenoxy) is 2. The van der Waals surface area contributed by atoms with Gasteiger partial charge in [0.25, 0.3) is 0 Å². The van der Waals surface area contributed by atoms with Gasteiger partial charge in [-0.2, -0.15) is 0 Å². The van der Waals surface area contributed by atoms with Gasteiger partial charge in [0.15, 0.2) is 11.5 Å². The number of methoxy groups -OCH3 is 1. The third-order valence-corrected chi connectivity index (χ3v) is 3.87. The number of hydrogen-bond donors (Lipinski definition) is 1. The van der Waals surface area contributed by atoms with Crippen molar-refractivity contribution >= 4 is 0 Å². The van der Waals surface area contributed by atoms with Gasteiger partial charge in [-0.05, 0) is 41.0 Å². The van der Waals surface area contributed by atoms with Gasteiger partial charge in [-0.1, -0.05) is 36.4 Å². The van der Waals surface area contributed by atoms with Crippen LogP contribution in [-0.2, 0) is 19.7 Å². The highest BCUT2D eigenvalue weighted by molar-refractivity contribution is 5.43. The van der Waals surface area contributed by atoms with Crippen LogP contribution >= 0.6 is 0 Å². The third kappa shape index (κ3) is 5.76. The van der Waals surface area contributed by atoms with E-state index >= 15 is 0 Å². The monoisotopic (exact) mass is 369 g/mol. The molecule has 0 amide bonds. The molecule has 0 aliphatic heterocycles. The second-order valence-electron chi connectivity index (χ2n) is 5.72. The molecule has 0 spiro atoms. The Morgan fingerprint density at radius 2 is 1.54 bits per heavy atom. The van der Waals surface area contributed by atoms with Crippen molar-refractivity contribution in [3.8, 4) is 11.5 Å². The summed E-state index contributed by atoms with van der Waals surface area (Å²) < 4.78 is 11.4. The first-order chi connectivity index (χ1) is 12.3. The van der Waals surface area contributed by atoms with Gasteiger partial charge in [-0.15, -0.1) is 0 Å². The molecule has 3 rings (SSSR count). The molecule has 0 aliphatic carbocycles. The molecule has 1 aromatic heterocycles. The Labute approximate surface area is 160 Å². The number of halogens is 1. The van der Waals surface area contributed by atoms with E-state index in [0.29, 0.717) is 6.61 Å². The van der Waals surface area contributed by atoms with Crippen LogP contribution in [0.2, 0.25) is 0 Å².